The van der Waals surface area contributed by atoms with Gasteiger partial charge in [-0.25, -0.2) is 0 Å². The number of hydrogen-bond acceptors (Lipinski definition) is 3. The lowest BCUT2D eigenvalue weighted by Crippen LogP contribution is -2.37. The summed E-state index contributed by atoms with van der Waals surface area (Å²) in [5, 5.41) is 12.4. The molecule has 0 aliphatic heterocycles. The third-order valence-corrected chi connectivity index (χ3v) is 4.06. The molecule has 2 rings (SSSR count). The van der Waals surface area contributed by atoms with Crippen LogP contribution >= 0.6 is 0 Å². The maximum absolute atomic E-state index is 11.3. The van der Waals surface area contributed by atoms with Crippen molar-refractivity contribution in [2.45, 2.75) is 64.6 Å². The maximum atomic E-state index is 11.3. The first-order valence-corrected chi connectivity index (χ1v) is 8.26. The summed E-state index contributed by atoms with van der Waals surface area (Å²) in [6, 6.07) is 7.46. The Labute approximate surface area is 132 Å². The Kier molecular flexibility index (Phi) is 6.25. The van der Waals surface area contributed by atoms with E-state index in [1.54, 1.807) is 0 Å². The van der Waals surface area contributed by atoms with Crippen LogP contribution in [0.5, 0.6) is 5.75 Å². The van der Waals surface area contributed by atoms with Crippen molar-refractivity contribution in [3.05, 3.63) is 29.8 Å². The van der Waals surface area contributed by atoms with Crippen molar-refractivity contribution in [1.82, 2.24) is 5.32 Å². The smallest absolute Gasteiger partial charge is 0.320 e. The van der Waals surface area contributed by atoms with Gasteiger partial charge in [0, 0.05) is 6.54 Å². The van der Waals surface area contributed by atoms with Crippen LogP contribution in [0.25, 0.3) is 0 Å². The van der Waals surface area contributed by atoms with E-state index >= 15 is 0 Å². The molecule has 122 valence electrons. The first-order valence-electron chi connectivity index (χ1n) is 8.26. The van der Waals surface area contributed by atoms with Gasteiger partial charge in [0.2, 0.25) is 0 Å². The molecule has 1 atom stereocenters. The Hall–Kier alpha value is -1.55. The van der Waals surface area contributed by atoms with Crippen molar-refractivity contribution in [2.75, 3.05) is 0 Å². The highest BCUT2D eigenvalue weighted by Gasteiger charge is 2.19. The molecule has 22 heavy (non-hydrogen) atoms. The molecule has 1 aromatic carbocycles. The Morgan fingerprint density at radius 1 is 1.36 bits per heavy atom. The minimum Gasteiger partial charge on any atom is -0.490 e. The van der Waals surface area contributed by atoms with Crippen molar-refractivity contribution >= 4 is 5.97 Å². The van der Waals surface area contributed by atoms with Gasteiger partial charge in [0.1, 0.15) is 11.8 Å². The lowest BCUT2D eigenvalue weighted by atomic mass is 10.0. The van der Waals surface area contributed by atoms with Crippen LogP contribution in [0.1, 0.15) is 51.5 Å². The molecule has 0 bridgehead atoms. The van der Waals surface area contributed by atoms with Crippen LogP contribution in [0.2, 0.25) is 0 Å². The molecule has 0 spiro atoms. The lowest BCUT2D eigenvalue weighted by Gasteiger charge is -2.17. The van der Waals surface area contributed by atoms with Crippen LogP contribution in [0.15, 0.2) is 24.3 Å². The molecule has 1 aliphatic carbocycles. The van der Waals surface area contributed by atoms with Crippen LogP contribution in [-0.4, -0.2) is 23.2 Å². The van der Waals surface area contributed by atoms with Crippen molar-refractivity contribution in [2.24, 2.45) is 5.92 Å². The Bertz CT molecular complexity index is 481. The van der Waals surface area contributed by atoms with E-state index in [0.29, 0.717) is 25.0 Å². The molecule has 2 N–H and O–H groups in total. The number of carbonyl (C=O) groups is 1. The zero-order valence-electron chi connectivity index (χ0n) is 13.5. The van der Waals surface area contributed by atoms with Gasteiger partial charge in [0.15, 0.2) is 0 Å². The number of hydrogen-bond donors (Lipinski definition) is 2. The molecule has 0 unspecified atom stereocenters. The zero-order valence-corrected chi connectivity index (χ0v) is 13.5. The molecule has 0 aromatic heterocycles. The van der Waals surface area contributed by atoms with E-state index in [2.05, 4.69) is 5.32 Å². The minimum atomic E-state index is -0.785. The summed E-state index contributed by atoms with van der Waals surface area (Å²) in [6.45, 7) is 4.62. The van der Waals surface area contributed by atoms with Gasteiger partial charge in [-0.15, -0.1) is 0 Å². The fourth-order valence-corrected chi connectivity index (χ4v) is 2.91. The summed E-state index contributed by atoms with van der Waals surface area (Å²) >= 11 is 0. The average molecular weight is 305 g/mol. The van der Waals surface area contributed by atoms with Gasteiger partial charge >= 0.3 is 5.97 Å². The third kappa shape index (κ3) is 5.34. The molecule has 0 radical (unpaired) electrons. The van der Waals surface area contributed by atoms with E-state index < -0.39 is 12.0 Å². The third-order valence-electron chi connectivity index (χ3n) is 4.06. The van der Waals surface area contributed by atoms with Crippen LogP contribution in [-0.2, 0) is 11.3 Å². The fraction of sp³-hybridized carbons (Fsp3) is 0.611. The molecule has 1 saturated carbocycles. The molecule has 1 aliphatic rings. The van der Waals surface area contributed by atoms with Crippen LogP contribution in [0, 0.1) is 5.92 Å². The molecule has 4 heteroatoms. The highest BCUT2D eigenvalue weighted by Crippen LogP contribution is 2.24. The molecule has 0 heterocycles. The van der Waals surface area contributed by atoms with E-state index in [9.17, 15) is 9.90 Å². The zero-order chi connectivity index (χ0) is 15.9. The van der Waals surface area contributed by atoms with Crippen molar-refractivity contribution in [3.63, 3.8) is 0 Å². The van der Waals surface area contributed by atoms with Gasteiger partial charge in [-0.1, -0.05) is 26.0 Å². The largest absolute Gasteiger partial charge is 0.490 e. The molecular weight excluding hydrogens is 278 g/mol. The lowest BCUT2D eigenvalue weighted by molar-refractivity contribution is -0.140. The first-order chi connectivity index (χ1) is 10.5. The van der Waals surface area contributed by atoms with Crippen molar-refractivity contribution in [3.8, 4) is 5.75 Å². The number of rotatable bonds is 8. The topological polar surface area (TPSA) is 58.6 Å². The molecule has 0 amide bonds. The summed E-state index contributed by atoms with van der Waals surface area (Å²) in [7, 11) is 0. The summed E-state index contributed by atoms with van der Waals surface area (Å²) in [5.74, 6) is 0.458. The average Bonchev–Trinajstić information content (AvgIpc) is 2.96. The van der Waals surface area contributed by atoms with E-state index in [1.165, 1.54) is 12.8 Å². The van der Waals surface area contributed by atoms with Gasteiger partial charge in [-0.05, 0) is 55.7 Å². The minimum absolute atomic E-state index is 0.343. The number of carboxylic acid groups (broad SMARTS) is 1. The summed E-state index contributed by atoms with van der Waals surface area (Å²) in [4.78, 5) is 11.3. The first kappa shape index (κ1) is 16.8. The molecular formula is C18H27NO3. The van der Waals surface area contributed by atoms with E-state index in [-0.39, 0.29) is 0 Å². The number of aliphatic carboxylic acids is 1. The monoisotopic (exact) mass is 305 g/mol. The Balaban J connectivity index is 1.90. The Morgan fingerprint density at radius 3 is 2.73 bits per heavy atom. The van der Waals surface area contributed by atoms with E-state index in [1.807, 2.05) is 38.1 Å². The summed E-state index contributed by atoms with van der Waals surface area (Å²) in [5.41, 5.74) is 1.06. The molecule has 1 aromatic rings. The second-order valence-electron chi connectivity index (χ2n) is 6.57. The van der Waals surface area contributed by atoms with Crippen LogP contribution in [0.4, 0.5) is 0 Å². The molecule has 1 fully saturated rings. The summed E-state index contributed by atoms with van der Waals surface area (Å²) in [6.07, 6.45) is 5.75. The summed E-state index contributed by atoms with van der Waals surface area (Å²) < 4.78 is 5.99. The Morgan fingerprint density at radius 2 is 2.09 bits per heavy atom. The quantitative estimate of drug-likeness (QED) is 0.770. The number of ether oxygens (including phenoxy) is 1. The fourth-order valence-electron chi connectivity index (χ4n) is 2.91. The molecule has 0 saturated heterocycles. The molecule has 4 nitrogen and oxygen atoms in total. The highest BCUT2D eigenvalue weighted by molar-refractivity contribution is 5.73. The SMILES string of the molecule is CC(C)C[C@@H](NCc1cccc(OC2CCCC2)c1)C(=O)O. The second-order valence-corrected chi connectivity index (χ2v) is 6.57. The predicted octanol–water partition coefficient (Wildman–Crippen LogP) is 3.60. The maximum Gasteiger partial charge on any atom is 0.320 e. The second kappa shape index (κ2) is 8.18. The van der Waals surface area contributed by atoms with Crippen LogP contribution < -0.4 is 10.1 Å². The highest BCUT2D eigenvalue weighted by atomic mass is 16.5. The van der Waals surface area contributed by atoms with Crippen molar-refractivity contribution in [1.29, 1.82) is 0 Å². The van der Waals surface area contributed by atoms with Gasteiger partial charge in [0.05, 0.1) is 6.10 Å². The van der Waals surface area contributed by atoms with Crippen molar-refractivity contribution < 1.29 is 14.6 Å². The van der Waals surface area contributed by atoms with Gasteiger partial charge in [-0.3, -0.25) is 4.79 Å². The normalized spacial score (nSPS) is 16.9. The van der Waals surface area contributed by atoms with E-state index in [4.69, 9.17) is 4.74 Å². The number of carboxylic acids is 1. The number of benzene rings is 1. The number of nitrogens with one attached hydrogen (secondary N) is 1. The standard InChI is InChI=1S/C18H27NO3/c1-13(2)10-17(18(20)21)19-12-14-6-5-9-16(11-14)22-15-7-3-4-8-15/h5-6,9,11,13,15,17,19H,3-4,7-8,10,12H2,1-2H3,(H,20,21)/t17-/m1/s1. The van der Waals surface area contributed by atoms with Crippen LogP contribution in [0.3, 0.4) is 0 Å². The van der Waals surface area contributed by atoms with E-state index in [0.717, 1.165) is 24.2 Å². The predicted molar refractivity (Wildman–Crippen MR) is 87.0 cm³/mol. The van der Waals surface area contributed by atoms with Gasteiger partial charge in [0.25, 0.3) is 0 Å². The van der Waals surface area contributed by atoms with Gasteiger partial charge < -0.3 is 15.2 Å². The van der Waals surface area contributed by atoms with Gasteiger partial charge in [-0.2, -0.15) is 0 Å².